The summed E-state index contributed by atoms with van der Waals surface area (Å²) in [6.07, 6.45) is 3.86. The molecule has 4 heteroatoms. The number of nitrogens with zero attached hydrogens (tertiary/aromatic N) is 1. The Bertz CT molecular complexity index is 1100. The molecule has 0 fully saturated rings. The molecule has 0 aromatic heterocycles. The molecule has 0 unspecified atom stereocenters. The minimum Gasteiger partial charge on any atom is -0.494 e. The van der Waals surface area contributed by atoms with E-state index in [1.807, 2.05) is 6.92 Å². The molecule has 0 saturated carbocycles. The molecule has 0 aliphatic heterocycles. The van der Waals surface area contributed by atoms with E-state index in [0.717, 1.165) is 23.3 Å². The van der Waals surface area contributed by atoms with Crippen LogP contribution in [0, 0.1) is 11.3 Å². The highest BCUT2D eigenvalue weighted by atomic mass is 19.1. The molecule has 0 N–H and O–H groups in total. The smallest absolute Gasteiger partial charge is 0.119 e. The van der Waals surface area contributed by atoms with Crippen LogP contribution in [0.5, 0.6) is 5.75 Å². The van der Waals surface area contributed by atoms with Crippen LogP contribution >= 0.6 is 0 Å². The van der Waals surface area contributed by atoms with Crippen molar-refractivity contribution >= 4 is 0 Å². The van der Waals surface area contributed by atoms with Crippen LogP contribution in [0.15, 0.2) is 96.5 Å². The summed E-state index contributed by atoms with van der Waals surface area (Å²) in [6, 6.07) is 25.9. The molecule has 32 heavy (non-hydrogen) atoms. The Labute approximate surface area is 189 Å². The van der Waals surface area contributed by atoms with Crippen LogP contribution in [-0.2, 0) is 24.4 Å². The van der Waals surface area contributed by atoms with Gasteiger partial charge in [0.25, 0.3) is 0 Å². The number of nitriles is 1. The van der Waals surface area contributed by atoms with Gasteiger partial charge in [0.15, 0.2) is 0 Å². The largest absolute Gasteiger partial charge is 0.494 e. The van der Waals surface area contributed by atoms with E-state index in [2.05, 4.69) is 54.6 Å². The van der Waals surface area contributed by atoms with Gasteiger partial charge in [-0.25, -0.2) is 4.39 Å². The van der Waals surface area contributed by atoms with Gasteiger partial charge in [0, 0.05) is 0 Å². The summed E-state index contributed by atoms with van der Waals surface area (Å²) in [5.74, 6) is 1.18. The van der Waals surface area contributed by atoms with Crippen LogP contribution in [-0.4, -0.2) is 0 Å². The van der Waals surface area contributed by atoms with E-state index in [0.29, 0.717) is 24.5 Å². The fourth-order valence-corrected chi connectivity index (χ4v) is 3.01. The Morgan fingerprint density at radius 3 is 1.84 bits per heavy atom. The zero-order chi connectivity index (χ0) is 22.8. The predicted molar refractivity (Wildman–Crippen MR) is 125 cm³/mol. The molecule has 0 saturated heterocycles. The van der Waals surface area contributed by atoms with Crippen molar-refractivity contribution in [2.45, 2.75) is 33.5 Å². The fraction of sp³-hybridized carbons (Fsp3) is 0.179. The maximum atomic E-state index is 12.7. The number of halogens is 1. The average Bonchev–Trinajstić information content (AvgIpc) is 2.82. The van der Waals surface area contributed by atoms with Gasteiger partial charge in [0.05, 0.1) is 23.2 Å². The summed E-state index contributed by atoms with van der Waals surface area (Å²) >= 11 is 0. The Hall–Kier alpha value is -3.84. The van der Waals surface area contributed by atoms with Gasteiger partial charge >= 0.3 is 0 Å². The molecule has 0 aliphatic rings. The van der Waals surface area contributed by atoms with Crippen molar-refractivity contribution in [2.75, 3.05) is 0 Å². The van der Waals surface area contributed by atoms with Crippen LogP contribution in [0.4, 0.5) is 4.39 Å². The van der Waals surface area contributed by atoms with E-state index in [1.165, 1.54) is 24.1 Å². The lowest BCUT2D eigenvalue weighted by atomic mass is 10.0. The lowest BCUT2D eigenvalue weighted by molar-refractivity contribution is 0.201. The number of benzene rings is 3. The third kappa shape index (κ3) is 7.45. The summed E-state index contributed by atoms with van der Waals surface area (Å²) in [5, 5.41) is 8.85. The predicted octanol–water partition coefficient (Wildman–Crippen LogP) is 7.02. The maximum Gasteiger partial charge on any atom is 0.119 e. The molecule has 162 valence electrons. The van der Waals surface area contributed by atoms with Crippen LogP contribution in [0.3, 0.4) is 0 Å². The summed E-state index contributed by atoms with van der Waals surface area (Å²) in [5.41, 5.74) is 5.22. The van der Waals surface area contributed by atoms with Crippen LogP contribution < -0.4 is 4.74 Å². The first-order chi connectivity index (χ1) is 15.5. The monoisotopic (exact) mass is 427 g/mol. The van der Waals surface area contributed by atoms with Crippen molar-refractivity contribution in [2.24, 2.45) is 0 Å². The van der Waals surface area contributed by atoms with E-state index < -0.39 is 0 Å². The minimum absolute atomic E-state index is 0.246. The van der Waals surface area contributed by atoms with Crippen molar-refractivity contribution in [3.05, 3.63) is 124 Å². The molecular weight excluding hydrogens is 401 g/mol. The lowest BCUT2D eigenvalue weighted by Crippen LogP contribution is -1.96. The Morgan fingerprint density at radius 1 is 0.781 bits per heavy atom. The molecule has 0 aliphatic carbocycles. The standard InChI is InChI=1S/C28H26FNO2/c1-21(29)3-4-22(2)31-19-26-9-5-23(6-10-26)17-24-7-11-27(12-8-24)20-32-28-15-13-25(18-30)14-16-28/h3-16H,17,19-20H2,1-2H3. The van der Waals surface area contributed by atoms with Crippen molar-refractivity contribution in [3.8, 4) is 11.8 Å². The average molecular weight is 428 g/mol. The van der Waals surface area contributed by atoms with Crippen molar-refractivity contribution in [1.82, 2.24) is 0 Å². The third-order valence-electron chi connectivity index (χ3n) is 4.86. The third-order valence-corrected chi connectivity index (χ3v) is 4.86. The van der Waals surface area contributed by atoms with Crippen molar-refractivity contribution in [3.63, 3.8) is 0 Å². The molecule has 3 aromatic rings. The van der Waals surface area contributed by atoms with Crippen molar-refractivity contribution < 1.29 is 13.9 Å². The number of hydrogen-bond donors (Lipinski definition) is 0. The van der Waals surface area contributed by atoms with Gasteiger partial charge in [-0.15, -0.1) is 0 Å². The molecular formula is C28H26FNO2. The van der Waals surface area contributed by atoms with Crippen LogP contribution in [0.25, 0.3) is 0 Å². The van der Waals surface area contributed by atoms with Gasteiger partial charge in [-0.1, -0.05) is 48.5 Å². The topological polar surface area (TPSA) is 42.2 Å². The Morgan fingerprint density at radius 2 is 1.31 bits per heavy atom. The van der Waals surface area contributed by atoms with Gasteiger partial charge in [0.2, 0.25) is 0 Å². The molecule has 3 rings (SSSR count). The molecule has 3 aromatic carbocycles. The van der Waals surface area contributed by atoms with E-state index in [1.54, 1.807) is 30.3 Å². The minimum atomic E-state index is -0.246. The highest BCUT2D eigenvalue weighted by Gasteiger charge is 2.01. The molecule has 0 atom stereocenters. The number of allylic oxidation sites excluding steroid dienone is 4. The normalized spacial score (nSPS) is 11.7. The number of rotatable bonds is 9. The molecule has 3 nitrogen and oxygen atoms in total. The fourth-order valence-electron chi connectivity index (χ4n) is 3.01. The van der Waals surface area contributed by atoms with E-state index >= 15 is 0 Å². The van der Waals surface area contributed by atoms with Gasteiger partial charge in [-0.3, -0.25) is 0 Å². The van der Waals surface area contributed by atoms with Crippen LogP contribution in [0.1, 0.15) is 41.7 Å². The second-order valence-electron chi connectivity index (χ2n) is 7.55. The molecule has 0 spiro atoms. The second kappa shape index (κ2) is 11.5. The number of ether oxygens (including phenoxy) is 2. The maximum absolute atomic E-state index is 12.7. The van der Waals surface area contributed by atoms with Crippen LogP contribution in [0.2, 0.25) is 0 Å². The van der Waals surface area contributed by atoms with Gasteiger partial charge < -0.3 is 9.47 Å². The van der Waals surface area contributed by atoms with Gasteiger partial charge in [-0.2, -0.15) is 5.26 Å². The molecule has 0 amide bonds. The summed E-state index contributed by atoms with van der Waals surface area (Å²) < 4.78 is 24.2. The molecule has 0 radical (unpaired) electrons. The summed E-state index contributed by atoms with van der Waals surface area (Å²) in [7, 11) is 0. The second-order valence-corrected chi connectivity index (χ2v) is 7.55. The highest BCUT2D eigenvalue weighted by Crippen LogP contribution is 2.16. The first kappa shape index (κ1) is 22.8. The highest BCUT2D eigenvalue weighted by molar-refractivity contribution is 5.35. The Kier molecular flexibility index (Phi) is 8.22. The number of hydrogen-bond acceptors (Lipinski definition) is 3. The van der Waals surface area contributed by atoms with Gasteiger partial charge in [0.1, 0.15) is 19.0 Å². The SMILES string of the molecule is CC(F)=CC=C(C)OCc1ccc(Cc2ccc(COc3ccc(C#N)cc3)cc2)cc1. The van der Waals surface area contributed by atoms with E-state index in [9.17, 15) is 4.39 Å². The zero-order valence-corrected chi connectivity index (χ0v) is 18.3. The zero-order valence-electron chi connectivity index (χ0n) is 18.3. The lowest BCUT2D eigenvalue weighted by Gasteiger charge is -2.09. The summed E-state index contributed by atoms with van der Waals surface area (Å²) in [4.78, 5) is 0. The molecule has 0 heterocycles. The first-order valence-corrected chi connectivity index (χ1v) is 10.4. The Balaban J connectivity index is 1.49. The quantitative estimate of drug-likeness (QED) is 0.272. The van der Waals surface area contributed by atoms with E-state index in [-0.39, 0.29) is 5.83 Å². The first-order valence-electron chi connectivity index (χ1n) is 10.4. The summed E-state index contributed by atoms with van der Waals surface area (Å²) in [6.45, 7) is 4.15. The molecule has 0 bridgehead atoms. The van der Waals surface area contributed by atoms with Crippen molar-refractivity contribution in [1.29, 1.82) is 5.26 Å². The van der Waals surface area contributed by atoms with E-state index in [4.69, 9.17) is 14.7 Å². The van der Waals surface area contributed by atoms with Gasteiger partial charge in [-0.05, 0) is 78.9 Å².